The number of benzene rings is 8. The van der Waals surface area contributed by atoms with Crippen LogP contribution in [0.1, 0.15) is 0 Å². The summed E-state index contributed by atoms with van der Waals surface area (Å²) in [4.78, 5) is 14.8. The molecule has 0 atom stereocenters. The smallest absolute Gasteiger partial charge is 0.164 e. The van der Waals surface area contributed by atoms with Gasteiger partial charge < -0.3 is 13.6 Å². The van der Waals surface area contributed by atoms with Gasteiger partial charge in [0, 0.05) is 77.5 Å². The molecule has 0 aliphatic heterocycles. The van der Waals surface area contributed by atoms with Crippen LogP contribution >= 0.6 is 0 Å². The van der Waals surface area contributed by atoms with E-state index in [-0.39, 0.29) is 0 Å². The maximum absolute atomic E-state index is 7.12. The van der Waals surface area contributed by atoms with Gasteiger partial charge in [0.05, 0.1) is 11.0 Å². The Morgan fingerprint density at radius 3 is 1.33 bits per heavy atom. The van der Waals surface area contributed by atoms with E-state index in [2.05, 4.69) is 21.3 Å². The summed E-state index contributed by atoms with van der Waals surface area (Å²) in [6, 6.07) is 49.3. The quantitative estimate of drug-likeness (QED) is 0.209. The predicted molar refractivity (Wildman–Crippen MR) is 264 cm³/mol. The molecule has 0 N–H and O–H groups in total. The summed E-state index contributed by atoms with van der Waals surface area (Å²) < 4.78 is 11.0. The van der Waals surface area contributed by atoms with E-state index >= 15 is 0 Å². The van der Waals surface area contributed by atoms with Crippen molar-refractivity contribution in [3.05, 3.63) is 152 Å². The molecular weight excluding hydrogens is 763 g/mol. The van der Waals surface area contributed by atoms with E-state index in [1.54, 1.807) is 12.1 Å². The van der Waals surface area contributed by atoms with Crippen molar-refractivity contribution in [1.29, 1.82) is 0 Å². The molecule has 0 spiro atoms. The Morgan fingerprint density at radius 2 is 0.810 bits per heavy atom. The zero-order valence-electron chi connectivity index (χ0n) is 33.5. The highest BCUT2D eigenvalue weighted by molar-refractivity contribution is 6.61. The van der Waals surface area contributed by atoms with Crippen LogP contribution in [0.25, 0.3) is 111 Å². The molecule has 63 heavy (non-hydrogen) atoms. The molecule has 4 aromatic heterocycles. The summed E-state index contributed by atoms with van der Waals surface area (Å²) in [5.41, 5.74) is 11.3. The standard InChI is InChI=1S/C51H25B6N5O/c52-29-21-35-41-43(56)44(57)42-36-22-30(53)24-38(55)46(36)62(48(42)47(41)61(45(35)37(54)23-29)31-14-8-3-9-15-31)32-17-19-34-33-18-16-28(20-39(33)63-40(34)25-32)51-59-49(26-10-4-1-5-11-26)58-50(60-51)27-12-6-2-7-13-27/h1-25H. The van der Waals surface area contributed by atoms with Gasteiger partial charge in [0.25, 0.3) is 0 Å². The zero-order chi connectivity index (χ0) is 42.7. The molecule has 278 valence electrons. The van der Waals surface area contributed by atoms with E-state index in [4.69, 9.17) is 66.4 Å². The van der Waals surface area contributed by atoms with Crippen LogP contribution < -0.4 is 32.8 Å². The SMILES string of the molecule is [B]c1cc([B])c2c(c1)c1c([B])c([B])c3c4cc([B])cc([B])c4n(-c4ccc5c(c4)oc4cc(-c6nc(-c7ccccc7)nc(-c7ccccc7)n6)ccc45)c3c1n2-c1ccccc1. The highest BCUT2D eigenvalue weighted by Gasteiger charge is 2.26. The summed E-state index contributed by atoms with van der Waals surface area (Å²) in [7, 11) is 40.9. The van der Waals surface area contributed by atoms with Crippen molar-refractivity contribution >= 4 is 145 Å². The van der Waals surface area contributed by atoms with Crippen LogP contribution in [0.15, 0.2) is 156 Å². The maximum Gasteiger partial charge on any atom is 0.164 e. The summed E-state index contributed by atoms with van der Waals surface area (Å²) in [6.07, 6.45) is 0. The fraction of sp³-hybridized carbons (Fsp3) is 0. The third kappa shape index (κ3) is 5.70. The summed E-state index contributed by atoms with van der Waals surface area (Å²) in [5.74, 6) is 1.69. The molecule has 0 bridgehead atoms. The first-order valence-electron chi connectivity index (χ1n) is 20.3. The molecule has 12 aromatic rings. The van der Waals surface area contributed by atoms with Gasteiger partial charge in [0.2, 0.25) is 0 Å². The molecule has 0 saturated heterocycles. The number of aromatic nitrogens is 5. The second kappa shape index (κ2) is 14.0. The van der Waals surface area contributed by atoms with Crippen molar-refractivity contribution in [2.75, 3.05) is 0 Å². The Kier molecular flexibility index (Phi) is 8.32. The molecule has 12 heteroatoms. The van der Waals surface area contributed by atoms with Crippen LogP contribution in [0, 0.1) is 0 Å². The highest BCUT2D eigenvalue weighted by Crippen LogP contribution is 2.41. The van der Waals surface area contributed by atoms with Gasteiger partial charge in [-0.15, -0.1) is 0 Å². The van der Waals surface area contributed by atoms with Gasteiger partial charge >= 0.3 is 0 Å². The van der Waals surface area contributed by atoms with Crippen LogP contribution in [-0.2, 0) is 0 Å². The molecule has 0 saturated carbocycles. The summed E-state index contributed by atoms with van der Waals surface area (Å²) in [6.45, 7) is 0. The Hall–Kier alpha value is -7.44. The van der Waals surface area contributed by atoms with Crippen molar-refractivity contribution in [3.63, 3.8) is 0 Å². The highest BCUT2D eigenvalue weighted by atomic mass is 16.3. The Bertz CT molecular complexity index is 3810. The number of furan rings is 1. The van der Waals surface area contributed by atoms with Crippen LogP contribution in [0.5, 0.6) is 0 Å². The lowest BCUT2D eigenvalue weighted by Crippen LogP contribution is -2.27. The van der Waals surface area contributed by atoms with Gasteiger partial charge in [-0.3, -0.25) is 0 Å². The average molecular weight is 789 g/mol. The number of hydrogen-bond acceptors (Lipinski definition) is 4. The minimum Gasteiger partial charge on any atom is -0.456 e. The molecule has 0 amide bonds. The molecular formula is C51H25B6N5O. The predicted octanol–water partition coefficient (Wildman–Crippen LogP) is 5.73. The fourth-order valence-electron chi connectivity index (χ4n) is 9.28. The Balaban J connectivity index is 1.12. The number of para-hydroxylation sites is 1. The van der Waals surface area contributed by atoms with Crippen molar-refractivity contribution in [3.8, 4) is 45.5 Å². The third-order valence-electron chi connectivity index (χ3n) is 12.0. The third-order valence-corrected chi connectivity index (χ3v) is 12.0. The second-order valence-corrected chi connectivity index (χ2v) is 15.8. The van der Waals surface area contributed by atoms with Gasteiger partial charge in [0.1, 0.15) is 58.2 Å². The first kappa shape index (κ1) is 37.3. The number of fused-ring (bicyclic) bond motifs is 10. The van der Waals surface area contributed by atoms with E-state index in [0.717, 1.165) is 71.5 Å². The van der Waals surface area contributed by atoms with Crippen LogP contribution in [-0.4, -0.2) is 71.2 Å². The Labute approximate surface area is 369 Å². The summed E-state index contributed by atoms with van der Waals surface area (Å²) in [5, 5.41) is 4.82. The van der Waals surface area contributed by atoms with E-state index in [9.17, 15) is 0 Å². The average Bonchev–Trinajstić information content (AvgIpc) is 3.96. The lowest BCUT2D eigenvalue weighted by molar-refractivity contribution is 0.668. The molecule has 0 aliphatic rings. The largest absolute Gasteiger partial charge is 0.456 e. The molecule has 0 aliphatic carbocycles. The van der Waals surface area contributed by atoms with E-state index in [0.29, 0.717) is 72.3 Å². The second-order valence-electron chi connectivity index (χ2n) is 15.8. The molecule has 0 fully saturated rings. The number of hydrogen-bond donors (Lipinski definition) is 0. The van der Waals surface area contributed by atoms with E-state index in [1.165, 1.54) is 0 Å². The van der Waals surface area contributed by atoms with Gasteiger partial charge in [-0.05, 0) is 36.4 Å². The van der Waals surface area contributed by atoms with Crippen LogP contribution in [0.2, 0.25) is 0 Å². The van der Waals surface area contributed by atoms with Gasteiger partial charge in [-0.25, -0.2) is 15.0 Å². The molecule has 12 radical (unpaired) electrons. The van der Waals surface area contributed by atoms with Crippen LogP contribution in [0.4, 0.5) is 0 Å². The van der Waals surface area contributed by atoms with Crippen LogP contribution in [0.3, 0.4) is 0 Å². The van der Waals surface area contributed by atoms with Gasteiger partial charge in [-0.2, -0.15) is 0 Å². The fourth-order valence-corrected chi connectivity index (χ4v) is 9.28. The topological polar surface area (TPSA) is 61.7 Å². The normalized spacial score (nSPS) is 11.9. The minimum atomic E-state index is 0.390. The molecule has 12 rings (SSSR count). The van der Waals surface area contributed by atoms with Crippen molar-refractivity contribution in [1.82, 2.24) is 24.1 Å². The minimum absolute atomic E-state index is 0.390. The molecule has 0 unspecified atom stereocenters. The molecule has 4 heterocycles. The number of rotatable bonds is 5. The molecule has 6 nitrogen and oxygen atoms in total. The van der Waals surface area contributed by atoms with Gasteiger partial charge in [0.15, 0.2) is 17.5 Å². The van der Waals surface area contributed by atoms with Gasteiger partial charge in [-0.1, -0.05) is 142 Å². The lowest BCUT2D eigenvalue weighted by atomic mass is 9.74. The van der Waals surface area contributed by atoms with Crippen molar-refractivity contribution < 1.29 is 4.42 Å². The molecule has 8 aromatic carbocycles. The monoisotopic (exact) mass is 789 g/mol. The van der Waals surface area contributed by atoms with Crippen molar-refractivity contribution in [2.24, 2.45) is 0 Å². The van der Waals surface area contributed by atoms with E-state index < -0.39 is 0 Å². The van der Waals surface area contributed by atoms with Crippen molar-refractivity contribution in [2.45, 2.75) is 0 Å². The maximum atomic E-state index is 7.12. The van der Waals surface area contributed by atoms with E-state index in [1.807, 2.05) is 127 Å². The first-order valence-corrected chi connectivity index (χ1v) is 20.3. The Morgan fingerprint density at radius 1 is 0.365 bits per heavy atom. The zero-order valence-corrected chi connectivity index (χ0v) is 33.5. The number of nitrogens with zero attached hydrogens (tertiary/aromatic N) is 5. The summed E-state index contributed by atoms with van der Waals surface area (Å²) >= 11 is 0. The lowest BCUT2D eigenvalue weighted by Gasteiger charge is -2.15. The first-order chi connectivity index (χ1) is 30.7.